The molecule has 0 amide bonds. The molecule has 1 aromatic carbocycles. The maximum absolute atomic E-state index is 6.02. The van der Waals surface area contributed by atoms with Crippen LogP contribution in [0.25, 0.3) is 11.4 Å². The molecule has 98 valence electrons. The molecular formula is C13H12Cl2N4. The highest BCUT2D eigenvalue weighted by Crippen LogP contribution is 2.40. The summed E-state index contributed by atoms with van der Waals surface area (Å²) in [6.07, 6.45) is 2.34. The number of hydrazine groups is 1. The first-order valence-corrected chi connectivity index (χ1v) is 6.74. The van der Waals surface area contributed by atoms with Crippen LogP contribution in [0.5, 0.6) is 0 Å². The number of nitrogens with zero attached hydrogens (tertiary/aromatic N) is 2. The van der Waals surface area contributed by atoms with Crippen molar-refractivity contribution in [2.24, 2.45) is 5.84 Å². The molecule has 1 aromatic heterocycles. The number of anilines is 1. The topological polar surface area (TPSA) is 63.8 Å². The number of rotatable bonds is 3. The Morgan fingerprint density at radius 2 is 1.89 bits per heavy atom. The van der Waals surface area contributed by atoms with E-state index in [2.05, 4.69) is 15.4 Å². The molecule has 0 radical (unpaired) electrons. The number of nitrogen functional groups attached to an aromatic ring is 1. The van der Waals surface area contributed by atoms with Crippen LogP contribution in [0.3, 0.4) is 0 Å². The van der Waals surface area contributed by atoms with Crippen molar-refractivity contribution in [3.05, 3.63) is 40.0 Å². The summed E-state index contributed by atoms with van der Waals surface area (Å²) in [7, 11) is 0. The maximum atomic E-state index is 6.02. The summed E-state index contributed by atoms with van der Waals surface area (Å²) in [5, 5.41) is 1.00. The predicted molar refractivity (Wildman–Crippen MR) is 77.3 cm³/mol. The van der Waals surface area contributed by atoms with Crippen molar-refractivity contribution in [3.63, 3.8) is 0 Å². The summed E-state index contributed by atoms with van der Waals surface area (Å²) in [6, 6.07) is 7.23. The Morgan fingerprint density at radius 3 is 2.53 bits per heavy atom. The second-order valence-corrected chi connectivity index (χ2v) is 5.36. The third kappa shape index (κ3) is 2.66. The molecule has 0 bridgehead atoms. The highest BCUT2D eigenvalue weighted by Gasteiger charge is 2.26. The monoisotopic (exact) mass is 294 g/mol. The molecule has 1 aliphatic rings. The molecule has 1 fully saturated rings. The van der Waals surface area contributed by atoms with Crippen molar-refractivity contribution < 1.29 is 0 Å². The Kier molecular flexibility index (Phi) is 3.31. The molecule has 6 heteroatoms. The number of hydrogen-bond acceptors (Lipinski definition) is 4. The largest absolute Gasteiger partial charge is 0.308 e. The standard InChI is InChI=1S/C13H12Cl2N4/c14-9-4-3-8(5-10(9)15)13-17-11(7-1-2-7)6-12(18-13)19-16/h3-7H,1-2,16H2,(H,17,18,19). The highest BCUT2D eigenvalue weighted by molar-refractivity contribution is 6.42. The summed E-state index contributed by atoms with van der Waals surface area (Å²) in [5.74, 6) is 7.19. The smallest absolute Gasteiger partial charge is 0.161 e. The zero-order chi connectivity index (χ0) is 13.4. The van der Waals surface area contributed by atoms with Gasteiger partial charge in [-0.2, -0.15) is 0 Å². The van der Waals surface area contributed by atoms with Crippen molar-refractivity contribution in [1.29, 1.82) is 0 Å². The van der Waals surface area contributed by atoms with Crippen LogP contribution >= 0.6 is 23.2 Å². The van der Waals surface area contributed by atoms with E-state index in [1.165, 1.54) is 12.8 Å². The summed E-state index contributed by atoms with van der Waals surface area (Å²) < 4.78 is 0. The van der Waals surface area contributed by atoms with Gasteiger partial charge in [-0.1, -0.05) is 23.2 Å². The van der Waals surface area contributed by atoms with Crippen molar-refractivity contribution in [1.82, 2.24) is 9.97 Å². The molecule has 0 unspecified atom stereocenters. The van der Waals surface area contributed by atoms with Gasteiger partial charge in [0, 0.05) is 23.2 Å². The van der Waals surface area contributed by atoms with E-state index in [1.54, 1.807) is 12.1 Å². The van der Waals surface area contributed by atoms with Gasteiger partial charge in [0.1, 0.15) is 5.82 Å². The van der Waals surface area contributed by atoms with Crippen molar-refractivity contribution in [2.45, 2.75) is 18.8 Å². The fourth-order valence-corrected chi connectivity index (χ4v) is 2.19. The molecule has 3 rings (SSSR count). The molecule has 1 heterocycles. The minimum absolute atomic E-state index is 0.488. The third-order valence-electron chi connectivity index (χ3n) is 3.07. The van der Waals surface area contributed by atoms with E-state index in [9.17, 15) is 0 Å². The van der Waals surface area contributed by atoms with Crippen LogP contribution in [-0.2, 0) is 0 Å². The summed E-state index contributed by atoms with van der Waals surface area (Å²) >= 11 is 11.9. The fraction of sp³-hybridized carbons (Fsp3) is 0.231. The van der Waals surface area contributed by atoms with Crippen LogP contribution in [0, 0.1) is 0 Å². The average Bonchev–Trinajstić information content (AvgIpc) is 3.26. The molecule has 0 atom stereocenters. The molecular weight excluding hydrogens is 283 g/mol. The van der Waals surface area contributed by atoms with Gasteiger partial charge in [0.25, 0.3) is 0 Å². The molecule has 0 aliphatic heterocycles. The molecule has 19 heavy (non-hydrogen) atoms. The van der Waals surface area contributed by atoms with E-state index in [0.29, 0.717) is 27.6 Å². The van der Waals surface area contributed by atoms with E-state index < -0.39 is 0 Å². The Morgan fingerprint density at radius 1 is 1.11 bits per heavy atom. The van der Waals surface area contributed by atoms with Crippen molar-refractivity contribution >= 4 is 29.0 Å². The van der Waals surface area contributed by atoms with Gasteiger partial charge in [-0.3, -0.25) is 0 Å². The molecule has 3 N–H and O–H groups in total. The fourth-order valence-electron chi connectivity index (χ4n) is 1.89. The molecule has 2 aromatic rings. The lowest BCUT2D eigenvalue weighted by Gasteiger charge is -2.08. The lowest BCUT2D eigenvalue weighted by Crippen LogP contribution is -2.10. The van der Waals surface area contributed by atoms with Gasteiger partial charge in [0.2, 0.25) is 0 Å². The summed E-state index contributed by atoms with van der Waals surface area (Å²) in [4.78, 5) is 8.93. The van der Waals surface area contributed by atoms with E-state index in [-0.39, 0.29) is 0 Å². The van der Waals surface area contributed by atoms with Gasteiger partial charge < -0.3 is 5.43 Å². The maximum Gasteiger partial charge on any atom is 0.161 e. The SMILES string of the molecule is NNc1cc(C2CC2)nc(-c2ccc(Cl)c(Cl)c2)n1. The number of nitrogens with one attached hydrogen (secondary N) is 1. The summed E-state index contributed by atoms with van der Waals surface area (Å²) in [6.45, 7) is 0. The van der Waals surface area contributed by atoms with Gasteiger partial charge in [0.05, 0.1) is 10.0 Å². The van der Waals surface area contributed by atoms with Crippen molar-refractivity contribution in [2.75, 3.05) is 5.43 Å². The Bertz CT molecular complexity index is 626. The van der Waals surface area contributed by atoms with Crippen LogP contribution in [0.2, 0.25) is 10.0 Å². The van der Waals surface area contributed by atoms with Gasteiger partial charge >= 0.3 is 0 Å². The average molecular weight is 295 g/mol. The Labute approximate surface area is 120 Å². The molecule has 1 saturated carbocycles. The van der Waals surface area contributed by atoms with Crippen LogP contribution in [0.4, 0.5) is 5.82 Å². The number of halogens is 2. The van der Waals surface area contributed by atoms with Gasteiger partial charge in [0.15, 0.2) is 5.82 Å². The first-order chi connectivity index (χ1) is 9.17. The Balaban J connectivity index is 2.07. The lowest BCUT2D eigenvalue weighted by molar-refractivity contribution is 0.991. The number of nitrogens with two attached hydrogens (primary N) is 1. The normalized spacial score (nSPS) is 14.5. The van der Waals surface area contributed by atoms with E-state index in [1.807, 2.05) is 12.1 Å². The number of benzene rings is 1. The van der Waals surface area contributed by atoms with E-state index >= 15 is 0 Å². The minimum atomic E-state index is 0.488. The second-order valence-electron chi connectivity index (χ2n) is 4.55. The Hall–Kier alpha value is -1.36. The number of aromatic nitrogens is 2. The highest BCUT2D eigenvalue weighted by atomic mass is 35.5. The van der Waals surface area contributed by atoms with Gasteiger partial charge in [-0.05, 0) is 31.0 Å². The molecule has 0 spiro atoms. The molecule has 0 saturated heterocycles. The lowest BCUT2D eigenvalue weighted by atomic mass is 10.2. The predicted octanol–water partition coefficient (Wildman–Crippen LogP) is 3.61. The first kappa shape index (κ1) is 12.7. The number of hydrogen-bond donors (Lipinski definition) is 2. The van der Waals surface area contributed by atoms with E-state index in [4.69, 9.17) is 29.0 Å². The molecule has 1 aliphatic carbocycles. The van der Waals surface area contributed by atoms with Gasteiger partial charge in [-0.25, -0.2) is 15.8 Å². The van der Waals surface area contributed by atoms with Crippen LogP contribution < -0.4 is 11.3 Å². The first-order valence-electron chi connectivity index (χ1n) is 5.98. The van der Waals surface area contributed by atoms with Gasteiger partial charge in [-0.15, -0.1) is 0 Å². The summed E-state index contributed by atoms with van der Waals surface area (Å²) in [5.41, 5.74) is 4.42. The van der Waals surface area contributed by atoms with E-state index in [0.717, 1.165) is 11.3 Å². The second kappa shape index (κ2) is 4.96. The zero-order valence-electron chi connectivity index (χ0n) is 10.0. The molecule has 4 nitrogen and oxygen atoms in total. The van der Waals surface area contributed by atoms with Crippen LogP contribution in [-0.4, -0.2) is 9.97 Å². The van der Waals surface area contributed by atoms with Crippen LogP contribution in [0.1, 0.15) is 24.5 Å². The quantitative estimate of drug-likeness (QED) is 0.670. The third-order valence-corrected chi connectivity index (χ3v) is 3.81. The zero-order valence-corrected chi connectivity index (χ0v) is 11.5. The van der Waals surface area contributed by atoms with Crippen LogP contribution in [0.15, 0.2) is 24.3 Å². The van der Waals surface area contributed by atoms with Crippen molar-refractivity contribution in [3.8, 4) is 11.4 Å². The minimum Gasteiger partial charge on any atom is -0.308 e.